The Hall–Kier alpha value is -1.42. The number of imidazole rings is 1. The van der Waals surface area contributed by atoms with E-state index in [1.807, 2.05) is 16.9 Å². The molecule has 0 atom stereocenters. The van der Waals surface area contributed by atoms with Crippen LogP contribution in [0.15, 0.2) is 18.6 Å². The molecular formula is C12H16N4. The molecule has 0 spiro atoms. The molecule has 0 unspecified atom stereocenters. The molecule has 0 aromatic carbocycles. The fraction of sp³-hybridized carbons (Fsp3) is 0.500. The van der Waals surface area contributed by atoms with Crippen LogP contribution in [0.5, 0.6) is 0 Å². The Morgan fingerprint density at radius 3 is 3.00 bits per heavy atom. The van der Waals surface area contributed by atoms with Crippen LogP contribution in [0.2, 0.25) is 0 Å². The highest BCUT2D eigenvalue weighted by atomic mass is 15.0. The highest BCUT2D eigenvalue weighted by Crippen LogP contribution is 2.35. The van der Waals surface area contributed by atoms with E-state index in [1.165, 1.54) is 25.0 Å². The number of aromatic nitrogens is 3. The Bertz CT molecular complexity index is 499. The van der Waals surface area contributed by atoms with Crippen LogP contribution in [0.3, 0.4) is 0 Å². The van der Waals surface area contributed by atoms with Crippen LogP contribution < -0.4 is 5.73 Å². The summed E-state index contributed by atoms with van der Waals surface area (Å²) in [6, 6.07) is 2.11. The number of nitrogens with two attached hydrogens (primary N) is 1. The second kappa shape index (κ2) is 3.87. The van der Waals surface area contributed by atoms with Crippen molar-refractivity contribution < 1.29 is 0 Å². The predicted molar refractivity (Wildman–Crippen MR) is 62.3 cm³/mol. The predicted octanol–water partition coefficient (Wildman–Crippen LogP) is 1.50. The zero-order valence-electron chi connectivity index (χ0n) is 9.26. The van der Waals surface area contributed by atoms with Gasteiger partial charge in [-0.15, -0.1) is 0 Å². The Morgan fingerprint density at radius 1 is 1.44 bits per heavy atom. The second-order valence-corrected chi connectivity index (χ2v) is 4.48. The summed E-state index contributed by atoms with van der Waals surface area (Å²) in [6.07, 6.45) is 8.61. The lowest BCUT2D eigenvalue weighted by molar-refractivity contribution is 0.411. The summed E-state index contributed by atoms with van der Waals surface area (Å²) >= 11 is 0. The number of hydrogen-bond donors (Lipinski definition) is 1. The third-order valence-corrected chi connectivity index (χ3v) is 3.34. The lowest BCUT2D eigenvalue weighted by atomic mass is 9.83. The minimum atomic E-state index is 0.646. The molecule has 1 fully saturated rings. The van der Waals surface area contributed by atoms with Crippen LogP contribution in [-0.4, -0.2) is 20.9 Å². The lowest BCUT2D eigenvalue weighted by Crippen LogP contribution is -2.10. The number of nitrogens with zero attached hydrogens (tertiary/aromatic N) is 3. The zero-order valence-corrected chi connectivity index (χ0v) is 9.26. The largest absolute Gasteiger partial charge is 0.330 e. The Kier molecular flexibility index (Phi) is 2.36. The fourth-order valence-electron chi connectivity index (χ4n) is 2.15. The first-order valence-electron chi connectivity index (χ1n) is 5.90. The van der Waals surface area contributed by atoms with Crippen molar-refractivity contribution in [2.45, 2.75) is 31.6 Å². The van der Waals surface area contributed by atoms with Crippen LogP contribution in [0.25, 0.3) is 5.65 Å². The van der Waals surface area contributed by atoms with Gasteiger partial charge in [0.15, 0.2) is 0 Å². The molecule has 2 N–H and O–H groups in total. The normalized spacial score (nSPS) is 16.6. The van der Waals surface area contributed by atoms with Gasteiger partial charge in [-0.25, -0.2) is 9.97 Å². The Labute approximate surface area is 94.5 Å². The summed E-state index contributed by atoms with van der Waals surface area (Å²) in [7, 11) is 0. The van der Waals surface area contributed by atoms with E-state index >= 15 is 0 Å². The van der Waals surface area contributed by atoms with Gasteiger partial charge in [-0.3, -0.25) is 4.40 Å². The summed E-state index contributed by atoms with van der Waals surface area (Å²) in [4.78, 5) is 9.04. The van der Waals surface area contributed by atoms with Crippen LogP contribution in [-0.2, 0) is 6.42 Å². The molecule has 2 aromatic rings. The van der Waals surface area contributed by atoms with Gasteiger partial charge in [0.2, 0.25) is 0 Å². The van der Waals surface area contributed by atoms with Gasteiger partial charge in [-0.2, -0.15) is 0 Å². The van der Waals surface area contributed by atoms with Crippen molar-refractivity contribution in [2.75, 3.05) is 6.54 Å². The van der Waals surface area contributed by atoms with Crippen molar-refractivity contribution in [3.63, 3.8) is 0 Å². The molecule has 0 saturated heterocycles. The molecule has 0 amide bonds. The van der Waals surface area contributed by atoms with Gasteiger partial charge >= 0.3 is 0 Å². The molecule has 1 aliphatic carbocycles. The maximum atomic E-state index is 5.53. The Morgan fingerprint density at radius 2 is 2.31 bits per heavy atom. The molecule has 16 heavy (non-hydrogen) atoms. The molecular weight excluding hydrogens is 200 g/mol. The van der Waals surface area contributed by atoms with Crippen LogP contribution in [0, 0.1) is 0 Å². The summed E-state index contributed by atoms with van der Waals surface area (Å²) in [6.45, 7) is 0.646. The SMILES string of the molecule is NCCc1cn2cnc(C3CCC3)cc2n1. The summed E-state index contributed by atoms with van der Waals surface area (Å²) in [5.74, 6) is 0.666. The molecule has 2 heterocycles. The van der Waals surface area contributed by atoms with Gasteiger partial charge in [0.25, 0.3) is 0 Å². The van der Waals surface area contributed by atoms with Crippen molar-refractivity contribution in [3.8, 4) is 0 Å². The van der Waals surface area contributed by atoms with E-state index in [1.54, 1.807) is 0 Å². The van der Waals surface area contributed by atoms with E-state index < -0.39 is 0 Å². The topological polar surface area (TPSA) is 56.2 Å². The zero-order chi connectivity index (χ0) is 11.0. The van der Waals surface area contributed by atoms with Crippen LogP contribution in [0.4, 0.5) is 0 Å². The molecule has 0 radical (unpaired) electrons. The van der Waals surface area contributed by atoms with Crippen molar-refractivity contribution in [1.82, 2.24) is 14.4 Å². The molecule has 84 valence electrons. The van der Waals surface area contributed by atoms with Gasteiger partial charge in [-0.1, -0.05) is 6.42 Å². The van der Waals surface area contributed by atoms with E-state index in [9.17, 15) is 0 Å². The van der Waals surface area contributed by atoms with E-state index in [-0.39, 0.29) is 0 Å². The van der Waals surface area contributed by atoms with Gasteiger partial charge in [0.05, 0.1) is 5.69 Å². The minimum absolute atomic E-state index is 0.646. The average molecular weight is 216 g/mol. The maximum absolute atomic E-state index is 5.53. The van der Waals surface area contributed by atoms with Gasteiger partial charge in [0.1, 0.15) is 12.0 Å². The first-order valence-corrected chi connectivity index (χ1v) is 5.90. The standard InChI is InChI=1S/C12H16N4/c13-5-4-10-7-16-8-14-11(6-12(16)15-10)9-2-1-3-9/h6-9H,1-5,13H2. The smallest absolute Gasteiger partial charge is 0.140 e. The molecule has 2 aromatic heterocycles. The molecule has 1 saturated carbocycles. The Balaban J connectivity index is 1.96. The van der Waals surface area contributed by atoms with E-state index in [2.05, 4.69) is 16.0 Å². The lowest BCUT2D eigenvalue weighted by Gasteiger charge is -2.24. The third kappa shape index (κ3) is 1.59. The summed E-state index contributed by atoms with van der Waals surface area (Å²) in [5.41, 5.74) is 8.78. The molecule has 1 aliphatic rings. The molecule has 4 heteroatoms. The van der Waals surface area contributed by atoms with Crippen LogP contribution in [0.1, 0.15) is 36.6 Å². The monoisotopic (exact) mass is 216 g/mol. The third-order valence-electron chi connectivity index (χ3n) is 3.34. The fourth-order valence-corrected chi connectivity index (χ4v) is 2.15. The van der Waals surface area contributed by atoms with Crippen molar-refractivity contribution in [3.05, 3.63) is 30.0 Å². The number of hydrogen-bond acceptors (Lipinski definition) is 3. The highest BCUT2D eigenvalue weighted by Gasteiger charge is 2.21. The summed E-state index contributed by atoms with van der Waals surface area (Å²) in [5, 5.41) is 0. The number of fused-ring (bicyclic) bond motifs is 1. The van der Waals surface area contributed by atoms with Crippen LogP contribution >= 0.6 is 0 Å². The maximum Gasteiger partial charge on any atom is 0.140 e. The first kappa shape index (κ1) is 9.78. The van der Waals surface area contributed by atoms with E-state index in [0.717, 1.165) is 17.8 Å². The second-order valence-electron chi connectivity index (χ2n) is 4.48. The van der Waals surface area contributed by atoms with E-state index in [0.29, 0.717) is 12.5 Å². The molecule has 0 aliphatic heterocycles. The van der Waals surface area contributed by atoms with Gasteiger partial charge in [-0.05, 0) is 19.4 Å². The number of rotatable bonds is 3. The molecule has 3 rings (SSSR count). The summed E-state index contributed by atoms with van der Waals surface area (Å²) < 4.78 is 1.98. The van der Waals surface area contributed by atoms with Gasteiger partial charge in [0, 0.05) is 30.3 Å². The molecule has 0 bridgehead atoms. The van der Waals surface area contributed by atoms with Crippen molar-refractivity contribution >= 4 is 5.65 Å². The minimum Gasteiger partial charge on any atom is -0.330 e. The molecule has 4 nitrogen and oxygen atoms in total. The highest BCUT2D eigenvalue weighted by molar-refractivity contribution is 5.41. The van der Waals surface area contributed by atoms with Crippen molar-refractivity contribution in [1.29, 1.82) is 0 Å². The first-order chi connectivity index (χ1) is 7.86. The quantitative estimate of drug-likeness (QED) is 0.845. The van der Waals surface area contributed by atoms with Crippen molar-refractivity contribution in [2.24, 2.45) is 5.73 Å². The van der Waals surface area contributed by atoms with Gasteiger partial charge < -0.3 is 5.73 Å². The average Bonchev–Trinajstić information content (AvgIpc) is 2.57. The van der Waals surface area contributed by atoms with E-state index in [4.69, 9.17) is 5.73 Å².